The van der Waals surface area contributed by atoms with Crippen LogP contribution in [-0.2, 0) is 11.2 Å². The molecule has 0 spiro atoms. The Balaban J connectivity index is 1.44. The minimum Gasteiger partial charge on any atom is -0.508 e. The van der Waals surface area contributed by atoms with Crippen molar-refractivity contribution in [1.82, 2.24) is 9.97 Å². The van der Waals surface area contributed by atoms with Gasteiger partial charge in [-0.3, -0.25) is 0 Å². The van der Waals surface area contributed by atoms with E-state index in [9.17, 15) is 9.50 Å². The van der Waals surface area contributed by atoms with Crippen molar-refractivity contribution in [1.29, 1.82) is 0 Å². The van der Waals surface area contributed by atoms with E-state index < -0.39 is 5.82 Å². The zero-order valence-electron chi connectivity index (χ0n) is 23.0. The number of halogens is 1. The average Bonchev–Trinajstić information content (AvgIpc) is 2.94. The van der Waals surface area contributed by atoms with Gasteiger partial charge in [0.2, 0.25) is 5.95 Å². The first-order valence-corrected chi connectivity index (χ1v) is 13.3. The summed E-state index contributed by atoms with van der Waals surface area (Å²) in [5.41, 5.74) is 8.81. The first kappa shape index (κ1) is 28.5. The summed E-state index contributed by atoms with van der Waals surface area (Å²) >= 11 is 0. The number of ether oxygens (including phenoxy) is 1. The highest BCUT2D eigenvalue weighted by Crippen LogP contribution is 2.27. The standard InChI is InChI=1S/C31H35FN6O2/c1-4-40-15-14-33-30-29(32)20-34-31(37-30)38-35-19-24-10-13-27(17-25(24)16-21(2)3)36-26-11-8-22(9-12-26)23-6-5-7-28(39)18-23/h5-13,17-21,36,39H,4,14-16H2,1-3H3,(H2,33,34,37,38)/b35-19+. The van der Waals surface area contributed by atoms with Crippen LogP contribution < -0.4 is 16.1 Å². The number of benzene rings is 3. The number of nitrogens with one attached hydrogen (secondary N) is 3. The summed E-state index contributed by atoms with van der Waals surface area (Å²) in [5.74, 6) is 0.439. The zero-order chi connectivity index (χ0) is 28.3. The SMILES string of the molecule is CCOCCNc1nc(N/N=C/c2ccc(Nc3ccc(-c4cccc(O)c4)cc3)cc2CC(C)C)ncc1F. The van der Waals surface area contributed by atoms with Crippen LogP contribution in [0.5, 0.6) is 5.75 Å². The molecule has 0 radical (unpaired) electrons. The molecule has 1 aromatic heterocycles. The van der Waals surface area contributed by atoms with E-state index in [1.807, 2.05) is 55.5 Å². The summed E-state index contributed by atoms with van der Waals surface area (Å²) in [6, 6.07) is 21.4. The van der Waals surface area contributed by atoms with E-state index >= 15 is 0 Å². The maximum atomic E-state index is 14.0. The van der Waals surface area contributed by atoms with Gasteiger partial charge in [-0.15, -0.1) is 0 Å². The lowest BCUT2D eigenvalue weighted by Gasteiger charge is -2.13. The molecule has 1 heterocycles. The largest absolute Gasteiger partial charge is 0.508 e. The minimum atomic E-state index is -0.540. The van der Waals surface area contributed by atoms with Gasteiger partial charge < -0.3 is 20.5 Å². The number of rotatable bonds is 13. The van der Waals surface area contributed by atoms with E-state index in [4.69, 9.17) is 4.74 Å². The highest BCUT2D eigenvalue weighted by molar-refractivity contribution is 5.83. The Morgan fingerprint density at radius 3 is 2.58 bits per heavy atom. The number of aromatic hydroxyl groups is 1. The minimum absolute atomic E-state index is 0.0956. The Morgan fingerprint density at radius 1 is 1.02 bits per heavy atom. The third kappa shape index (κ3) is 8.25. The number of aromatic nitrogens is 2. The molecule has 0 amide bonds. The summed E-state index contributed by atoms with van der Waals surface area (Å²) in [5, 5.41) is 20.4. The van der Waals surface area contributed by atoms with Gasteiger partial charge in [-0.2, -0.15) is 10.1 Å². The van der Waals surface area contributed by atoms with E-state index in [1.165, 1.54) is 0 Å². The van der Waals surface area contributed by atoms with E-state index in [0.717, 1.165) is 46.2 Å². The quantitative estimate of drug-likeness (QED) is 0.0834. The number of hydrogen-bond acceptors (Lipinski definition) is 8. The molecule has 0 aliphatic carbocycles. The second kappa shape index (κ2) is 14.0. The highest BCUT2D eigenvalue weighted by Gasteiger charge is 2.08. The predicted molar refractivity (Wildman–Crippen MR) is 160 cm³/mol. The monoisotopic (exact) mass is 542 g/mol. The Kier molecular flexibility index (Phi) is 10.0. The fourth-order valence-electron chi connectivity index (χ4n) is 4.11. The molecule has 0 aliphatic rings. The van der Waals surface area contributed by atoms with Crippen LogP contribution in [0, 0.1) is 11.7 Å². The Morgan fingerprint density at radius 2 is 1.82 bits per heavy atom. The van der Waals surface area contributed by atoms with Crippen LogP contribution in [0.2, 0.25) is 0 Å². The molecule has 40 heavy (non-hydrogen) atoms. The highest BCUT2D eigenvalue weighted by atomic mass is 19.1. The van der Waals surface area contributed by atoms with Crippen molar-refractivity contribution in [2.45, 2.75) is 27.2 Å². The molecule has 4 aromatic rings. The van der Waals surface area contributed by atoms with Crippen molar-refractivity contribution < 1.29 is 14.2 Å². The van der Waals surface area contributed by atoms with Gasteiger partial charge in [0.05, 0.1) is 19.0 Å². The molecule has 0 unspecified atom stereocenters. The van der Waals surface area contributed by atoms with Crippen LogP contribution in [0.1, 0.15) is 31.9 Å². The molecular weight excluding hydrogens is 507 g/mol. The maximum absolute atomic E-state index is 14.0. The van der Waals surface area contributed by atoms with Crippen LogP contribution in [0.3, 0.4) is 0 Å². The summed E-state index contributed by atoms with van der Waals surface area (Å²) in [4.78, 5) is 8.13. The van der Waals surface area contributed by atoms with Crippen LogP contribution >= 0.6 is 0 Å². The Bertz CT molecular complexity index is 1430. The summed E-state index contributed by atoms with van der Waals surface area (Å²) in [6.45, 7) is 7.73. The van der Waals surface area contributed by atoms with Gasteiger partial charge in [-0.05, 0) is 77.9 Å². The third-order valence-electron chi connectivity index (χ3n) is 5.98. The molecular formula is C31H35FN6O2. The average molecular weight is 543 g/mol. The van der Waals surface area contributed by atoms with Gasteiger partial charge in [0, 0.05) is 24.5 Å². The predicted octanol–water partition coefficient (Wildman–Crippen LogP) is 6.82. The fraction of sp³-hybridized carbons (Fsp3) is 0.258. The lowest BCUT2D eigenvalue weighted by Crippen LogP contribution is -2.12. The first-order valence-electron chi connectivity index (χ1n) is 13.3. The van der Waals surface area contributed by atoms with Gasteiger partial charge in [0.1, 0.15) is 5.75 Å². The number of anilines is 4. The van der Waals surface area contributed by atoms with E-state index in [2.05, 4.69) is 51.0 Å². The molecule has 8 nitrogen and oxygen atoms in total. The van der Waals surface area contributed by atoms with Crippen molar-refractivity contribution in [2.75, 3.05) is 35.8 Å². The van der Waals surface area contributed by atoms with E-state index in [1.54, 1.807) is 18.3 Å². The van der Waals surface area contributed by atoms with Crippen molar-refractivity contribution in [3.8, 4) is 16.9 Å². The molecule has 0 fully saturated rings. The van der Waals surface area contributed by atoms with Crippen molar-refractivity contribution in [3.05, 3.63) is 89.9 Å². The first-order chi connectivity index (χ1) is 19.4. The van der Waals surface area contributed by atoms with Crippen LogP contribution in [0.4, 0.5) is 27.5 Å². The lowest BCUT2D eigenvalue weighted by molar-refractivity contribution is 0.158. The van der Waals surface area contributed by atoms with E-state index in [0.29, 0.717) is 25.7 Å². The van der Waals surface area contributed by atoms with Gasteiger partial charge in [-0.25, -0.2) is 14.8 Å². The number of phenolic OH excluding ortho intramolecular Hbond substituents is 1. The zero-order valence-corrected chi connectivity index (χ0v) is 23.0. The molecule has 4 rings (SSSR count). The van der Waals surface area contributed by atoms with Crippen molar-refractivity contribution in [2.24, 2.45) is 11.0 Å². The molecule has 3 aromatic carbocycles. The molecule has 208 valence electrons. The molecule has 0 saturated heterocycles. The van der Waals surface area contributed by atoms with Crippen LogP contribution in [-0.4, -0.2) is 41.0 Å². The summed E-state index contributed by atoms with van der Waals surface area (Å²) < 4.78 is 19.3. The van der Waals surface area contributed by atoms with Crippen LogP contribution in [0.25, 0.3) is 11.1 Å². The molecule has 9 heteroatoms. The molecule has 0 saturated carbocycles. The smallest absolute Gasteiger partial charge is 0.245 e. The molecule has 0 aliphatic heterocycles. The van der Waals surface area contributed by atoms with Crippen molar-refractivity contribution >= 4 is 29.4 Å². The van der Waals surface area contributed by atoms with Gasteiger partial charge >= 0.3 is 0 Å². The molecule has 0 bridgehead atoms. The third-order valence-corrected chi connectivity index (χ3v) is 5.98. The summed E-state index contributed by atoms with van der Waals surface area (Å²) in [7, 11) is 0. The second-order valence-corrected chi connectivity index (χ2v) is 9.65. The van der Waals surface area contributed by atoms with Crippen LogP contribution in [0.15, 0.2) is 78.0 Å². The number of phenols is 1. The second-order valence-electron chi connectivity index (χ2n) is 9.65. The maximum Gasteiger partial charge on any atom is 0.245 e. The Hall–Kier alpha value is -4.50. The molecule has 0 atom stereocenters. The number of hydrogen-bond donors (Lipinski definition) is 4. The van der Waals surface area contributed by atoms with Crippen molar-refractivity contribution in [3.63, 3.8) is 0 Å². The topological polar surface area (TPSA) is 104 Å². The number of hydrazone groups is 1. The van der Waals surface area contributed by atoms with Gasteiger partial charge in [0.25, 0.3) is 0 Å². The van der Waals surface area contributed by atoms with Gasteiger partial charge in [0.15, 0.2) is 11.6 Å². The summed E-state index contributed by atoms with van der Waals surface area (Å²) in [6.07, 6.45) is 3.70. The number of nitrogens with zero attached hydrogens (tertiary/aromatic N) is 3. The molecule has 4 N–H and O–H groups in total. The normalized spacial score (nSPS) is 11.2. The lowest BCUT2D eigenvalue weighted by atomic mass is 9.97. The Labute approximate surface area is 234 Å². The fourth-order valence-corrected chi connectivity index (χ4v) is 4.11. The van der Waals surface area contributed by atoms with Gasteiger partial charge in [-0.1, -0.05) is 44.2 Å². The van der Waals surface area contributed by atoms with E-state index in [-0.39, 0.29) is 17.5 Å².